The summed E-state index contributed by atoms with van der Waals surface area (Å²) in [6.07, 6.45) is 10.7. The first kappa shape index (κ1) is 24.6. The Kier molecular flexibility index (Phi) is 6.09. The van der Waals surface area contributed by atoms with Crippen LogP contribution in [0.1, 0.15) is 63.9 Å². The smallest absolute Gasteiger partial charge is 0.193 e. The number of Topliss-reactive ketones (excluding diaryl/α,β-unsaturated/α-hetero) is 1. The maximum atomic E-state index is 14.2. The van der Waals surface area contributed by atoms with Crippen molar-refractivity contribution >= 4 is 17.0 Å². The number of hydrogen-bond acceptors (Lipinski definition) is 6. The summed E-state index contributed by atoms with van der Waals surface area (Å²) in [4.78, 5) is 19.2. The van der Waals surface area contributed by atoms with E-state index in [0.717, 1.165) is 104 Å². The second kappa shape index (κ2) is 9.65. The number of carbonyl (C=O) groups excluding carboxylic acids is 1. The molecule has 0 N–H and O–H groups in total. The Hall–Kier alpha value is -3.42. The van der Waals surface area contributed by atoms with E-state index in [9.17, 15) is 10.1 Å². The second-order valence-electron chi connectivity index (χ2n) is 11.5. The molecule has 6 heteroatoms. The lowest BCUT2D eigenvalue weighted by molar-refractivity contribution is 0.0115. The van der Waals surface area contributed by atoms with Crippen molar-refractivity contribution in [3.63, 3.8) is 0 Å². The molecule has 3 aliphatic heterocycles. The molecule has 2 aromatic rings. The normalized spacial score (nSPS) is 22.7. The average Bonchev–Trinajstić information content (AvgIpc) is 3.40. The highest BCUT2D eigenvalue weighted by Crippen LogP contribution is 2.55. The Bertz CT molecular complexity index is 1460. The number of rotatable bonds is 2. The van der Waals surface area contributed by atoms with E-state index in [4.69, 9.17) is 15.9 Å². The van der Waals surface area contributed by atoms with Gasteiger partial charge in [0.15, 0.2) is 5.78 Å². The summed E-state index contributed by atoms with van der Waals surface area (Å²) < 4.78 is 11.4. The van der Waals surface area contributed by atoms with E-state index in [1.165, 1.54) is 5.57 Å². The predicted octanol–water partition coefficient (Wildman–Crippen LogP) is 4.09. The third-order valence-corrected chi connectivity index (χ3v) is 9.74. The molecule has 39 heavy (non-hydrogen) atoms. The number of terminal acetylenes is 1. The summed E-state index contributed by atoms with van der Waals surface area (Å²) in [6.45, 7) is 6.93. The van der Waals surface area contributed by atoms with Gasteiger partial charge in [0.25, 0.3) is 0 Å². The Labute approximate surface area is 230 Å². The largest absolute Gasteiger partial charge is 0.381 e. The molecule has 3 saturated heterocycles. The van der Waals surface area contributed by atoms with Crippen molar-refractivity contribution in [3.8, 4) is 18.4 Å². The van der Waals surface area contributed by atoms with Crippen LogP contribution in [0.2, 0.25) is 0 Å². The minimum atomic E-state index is -0.253. The third kappa shape index (κ3) is 3.85. The number of ether oxygens (including phenoxy) is 2. The Balaban J connectivity index is 1.28. The maximum Gasteiger partial charge on any atom is 0.193 e. The molecule has 0 bridgehead atoms. The molecule has 3 fully saturated rings. The van der Waals surface area contributed by atoms with Crippen LogP contribution in [-0.4, -0.2) is 69.3 Å². The van der Waals surface area contributed by atoms with Crippen LogP contribution in [0.15, 0.2) is 35.9 Å². The zero-order valence-electron chi connectivity index (χ0n) is 22.3. The summed E-state index contributed by atoms with van der Waals surface area (Å²) in [7, 11) is 0. The molecule has 0 radical (unpaired) electrons. The number of carbonyl (C=O) groups is 1. The van der Waals surface area contributed by atoms with E-state index >= 15 is 0 Å². The topological polar surface area (TPSA) is 65.8 Å². The van der Waals surface area contributed by atoms with Gasteiger partial charge in [-0.1, -0.05) is 12.0 Å². The fraction of sp³-hybridized carbons (Fsp3) is 0.455. The molecule has 2 aromatic carbocycles. The molecule has 198 valence electrons. The summed E-state index contributed by atoms with van der Waals surface area (Å²) in [5.41, 5.74) is 8.21. The Morgan fingerprint density at radius 3 is 2.41 bits per heavy atom. The van der Waals surface area contributed by atoms with Gasteiger partial charge in [-0.05, 0) is 78.6 Å². The number of nitrogens with zero attached hydrogens (tertiary/aromatic N) is 3. The van der Waals surface area contributed by atoms with Crippen molar-refractivity contribution in [2.75, 3.05) is 57.5 Å². The van der Waals surface area contributed by atoms with Crippen molar-refractivity contribution in [2.24, 2.45) is 0 Å². The number of benzene rings is 2. The molecule has 1 spiro atoms. The number of hydrogen-bond donors (Lipinski definition) is 0. The van der Waals surface area contributed by atoms with E-state index in [0.29, 0.717) is 31.2 Å². The number of fused-ring (bicyclic) bond motifs is 5. The van der Waals surface area contributed by atoms with Crippen LogP contribution in [0.25, 0.3) is 5.57 Å². The maximum absolute atomic E-state index is 14.2. The van der Waals surface area contributed by atoms with Gasteiger partial charge in [0, 0.05) is 67.5 Å². The zero-order chi connectivity index (χ0) is 26.6. The Morgan fingerprint density at radius 2 is 1.69 bits per heavy atom. The lowest BCUT2D eigenvalue weighted by Crippen LogP contribution is -2.49. The fourth-order valence-electron chi connectivity index (χ4n) is 7.71. The number of piperidine rings is 1. The summed E-state index contributed by atoms with van der Waals surface area (Å²) >= 11 is 0. The minimum Gasteiger partial charge on any atom is -0.381 e. The van der Waals surface area contributed by atoms with Crippen molar-refractivity contribution in [2.45, 2.75) is 43.6 Å². The van der Waals surface area contributed by atoms with Crippen LogP contribution in [0.4, 0.5) is 5.69 Å². The highest BCUT2D eigenvalue weighted by molar-refractivity contribution is 6.33. The van der Waals surface area contributed by atoms with Crippen molar-refractivity contribution in [1.29, 1.82) is 5.26 Å². The monoisotopic (exact) mass is 519 g/mol. The van der Waals surface area contributed by atoms with Crippen LogP contribution in [0, 0.1) is 23.7 Å². The van der Waals surface area contributed by atoms with Gasteiger partial charge in [-0.25, -0.2) is 0 Å². The third-order valence-electron chi connectivity index (χ3n) is 9.74. The molecule has 3 heterocycles. The molecule has 0 aromatic heterocycles. The van der Waals surface area contributed by atoms with E-state index in [-0.39, 0.29) is 11.2 Å². The number of morpholine rings is 1. The molecule has 0 amide bonds. The number of anilines is 1. The van der Waals surface area contributed by atoms with Gasteiger partial charge in [0.2, 0.25) is 0 Å². The first-order chi connectivity index (χ1) is 19.1. The van der Waals surface area contributed by atoms with Gasteiger partial charge in [-0.3, -0.25) is 9.69 Å². The molecule has 5 aliphatic rings. The summed E-state index contributed by atoms with van der Waals surface area (Å²) in [5, 5.41) is 9.49. The molecule has 6 nitrogen and oxygen atoms in total. The van der Waals surface area contributed by atoms with Crippen LogP contribution < -0.4 is 4.90 Å². The first-order valence-electron chi connectivity index (χ1n) is 14.2. The van der Waals surface area contributed by atoms with E-state index in [1.807, 2.05) is 24.3 Å². The van der Waals surface area contributed by atoms with Crippen LogP contribution in [0.3, 0.4) is 0 Å². The first-order valence-corrected chi connectivity index (χ1v) is 14.2. The van der Waals surface area contributed by atoms with Gasteiger partial charge in [0.1, 0.15) is 0 Å². The van der Waals surface area contributed by atoms with Crippen molar-refractivity contribution in [1.82, 2.24) is 4.90 Å². The quantitative estimate of drug-likeness (QED) is 0.557. The van der Waals surface area contributed by atoms with Crippen molar-refractivity contribution < 1.29 is 14.3 Å². The van der Waals surface area contributed by atoms with Gasteiger partial charge < -0.3 is 14.4 Å². The molecular weight excluding hydrogens is 486 g/mol. The lowest BCUT2D eigenvalue weighted by Gasteiger charge is -2.45. The standard InChI is InChI=1S/C33H33N3O3/c1-2-23-18-27-28(20-30(23)36-9-5-25(6-10-36)35-11-15-39-16-12-35)33(7-13-38-14-8-33)29-19-24-17-22(21-34)3-4-26(24)31(29)32(27)37/h1,3-4,17-18,20,25H,5-16,19H2. The highest BCUT2D eigenvalue weighted by atomic mass is 16.5. The molecular formula is C33H33N3O3. The van der Waals surface area contributed by atoms with Gasteiger partial charge in [-0.15, -0.1) is 6.42 Å². The summed E-state index contributed by atoms with van der Waals surface area (Å²) in [5.74, 6) is 2.99. The van der Waals surface area contributed by atoms with Gasteiger partial charge in [0.05, 0.1) is 30.5 Å². The lowest BCUT2D eigenvalue weighted by atomic mass is 9.62. The van der Waals surface area contributed by atoms with Crippen LogP contribution in [-0.2, 0) is 21.3 Å². The molecule has 2 aliphatic carbocycles. The number of allylic oxidation sites excluding steroid dienone is 2. The fourth-order valence-corrected chi connectivity index (χ4v) is 7.71. The number of nitriles is 1. The molecule has 7 rings (SSSR count). The van der Waals surface area contributed by atoms with Gasteiger partial charge in [-0.2, -0.15) is 5.26 Å². The van der Waals surface area contributed by atoms with Crippen LogP contribution in [0.5, 0.6) is 0 Å². The van der Waals surface area contributed by atoms with Gasteiger partial charge >= 0.3 is 0 Å². The summed E-state index contributed by atoms with van der Waals surface area (Å²) in [6, 6.07) is 12.8. The van der Waals surface area contributed by atoms with Crippen molar-refractivity contribution in [3.05, 3.63) is 69.3 Å². The zero-order valence-corrected chi connectivity index (χ0v) is 22.3. The molecule has 0 atom stereocenters. The molecule has 0 unspecified atom stereocenters. The number of ketones is 1. The average molecular weight is 520 g/mol. The SMILES string of the molecule is C#Cc1cc2c(cc1N1CCC(N3CCOCC3)CC1)C1(CCOCC1)C1=C(C2=O)c2ccc(C#N)cc2C1. The second-order valence-corrected chi connectivity index (χ2v) is 11.5. The minimum absolute atomic E-state index is 0.0645. The predicted molar refractivity (Wildman–Crippen MR) is 150 cm³/mol. The molecule has 0 saturated carbocycles. The van der Waals surface area contributed by atoms with Crippen LogP contribution >= 0.6 is 0 Å². The Morgan fingerprint density at radius 1 is 0.949 bits per heavy atom. The van der Waals surface area contributed by atoms with E-state index < -0.39 is 0 Å². The highest BCUT2D eigenvalue weighted by Gasteiger charge is 2.49. The van der Waals surface area contributed by atoms with E-state index in [2.05, 4.69) is 27.9 Å². The van der Waals surface area contributed by atoms with E-state index in [1.54, 1.807) is 0 Å².